The topological polar surface area (TPSA) is 44.1 Å². The third-order valence-corrected chi connectivity index (χ3v) is 4.81. The summed E-state index contributed by atoms with van der Waals surface area (Å²) in [4.78, 5) is 14.7. The molecule has 1 aliphatic rings. The van der Waals surface area contributed by atoms with E-state index in [9.17, 15) is 9.18 Å². The summed E-state index contributed by atoms with van der Waals surface area (Å²) < 4.78 is 13.6. The van der Waals surface area contributed by atoms with E-state index >= 15 is 0 Å². The molecule has 5 heteroatoms. The summed E-state index contributed by atoms with van der Waals surface area (Å²) >= 11 is 6.16. The molecular weight excluding hydrogens is 327 g/mol. The number of nitrogens with zero attached hydrogens (tertiary/aromatic N) is 2. The van der Waals surface area contributed by atoms with Crippen LogP contribution in [0.4, 0.5) is 4.39 Å². The molecule has 2 unspecified atom stereocenters. The van der Waals surface area contributed by atoms with Crippen LogP contribution in [0.2, 0.25) is 5.02 Å². The van der Waals surface area contributed by atoms with Gasteiger partial charge in [-0.25, -0.2) is 4.39 Å². The van der Waals surface area contributed by atoms with Crippen LogP contribution < -0.4 is 0 Å². The van der Waals surface area contributed by atoms with Crippen LogP contribution in [0, 0.1) is 23.1 Å². The molecule has 122 valence electrons. The Morgan fingerprint density at radius 1 is 1.33 bits per heavy atom. The lowest BCUT2D eigenvalue weighted by Crippen LogP contribution is -2.32. The normalized spacial score (nSPS) is 20.0. The fourth-order valence-electron chi connectivity index (χ4n) is 3.29. The average Bonchev–Trinajstić information content (AvgIpc) is 2.96. The van der Waals surface area contributed by atoms with Crippen LogP contribution >= 0.6 is 11.6 Å². The molecule has 0 radical (unpaired) electrons. The van der Waals surface area contributed by atoms with Crippen molar-refractivity contribution in [2.45, 2.75) is 19.4 Å². The zero-order valence-electron chi connectivity index (χ0n) is 13.2. The van der Waals surface area contributed by atoms with E-state index in [-0.39, 0.29) is 23.7 Å². The molecule has 0 aromatic heterocycles. The van der Waals surface area contributed by atoms with Gasteiger partial charge in [-0.1, -0.05) is 30.7 Å². The van der Waals surface area contributed by atoms with Crippen LogP contribution in [-0.4, -0.2) is 17.4 Å². The highest BCUT2D eigenvalue weighted by atomic mass is 35.5. The number of hydrogen-bond donors (Lipinski definition) is 0. The zero-order valence-corrected chi connectivity index (χ0v) is 13.9. The van der Waals surface area contributed by atoms with Crippen LogP contribution in [-0.2, 0) is 0 Å². The molecule has 1 fully saturated rings. The van der Waals surface area contributed by atoms with E-state index in [0.717, 1.165) is 12.0 Å². The molecule has 2 atom stereocenters. The number of likely N-dealkylation sites (tertiary alicyclic amines) is 1. The van der Waals surface area contributed by atoms with Crippen molar-refractivity contribution in [3.63, 3.8) is 0 Å². The molecule has 3 nitrogen and oxygen atoms in total. The minimum atomic E-state index is -0.316. The Labute approximate surface area is 145 Å². The molecule has 0 saturated carbocycles. The van der Waals surface area contributed by atoms with E-state index in [1.54, 1.807) is 23.1 Å². The van der Waals surface area contributed by atoms with Gasteiger partial charge in [0.1, 0.15) is 5.82 Å². The van der Waals surface area contributed by atoms with Gasteiger partial charge in [0.05, 0.1) is 28.3 Å². The Balaban J connectivity index is 1.98. The van der Waals surface area contributed by atoms with Gasteiger partial charge < -0.3 is 4.90 Å². The third-order valence-electron chi connectivity index (χ3n) is 4.48. The lowest BCUT2D eigenvalue weighted by molar-refractivity contribution is 0.0720. The van der Waals surface area contributed by atoms with Gasteiger partial charge in [0, 0.05) is 6.54 Å². The molecule has 0 aliphatic carbocycles. The van der Waals surface area contributed by atoms with E-state index in [0.29, 0.717) is 22.7 Å². The standard InChI is InChI=1S/C19H16ClFN2O/c1-12-7-8-23(18(12)14-3-2-4-15(21)10-14)19(24)16-9-13(11-22)5-6-17(16)20/h2-6,9-10,12,18H,7-8H2,1H3. The zero-order chi connectivity index (χ0) is 17.3. The minimum absolute atomic E-state index is 0.199. The van der Waals surface area contributed by atoms with Crippen LogP contribution in [0.25, 0.3) is 0 Å². The number of amides is 1. The van der Waals surface area contributed by atoms with Crippen molar-refractivity contribution in [2.75, 3.05) is 6.54 Å². The van der Waals surface area contributed by atoms with E-state index in [1.807, 2.05) is 12.1 Å². The number of carbonyl (C=O) groups is 1. The predicted octanol–water partition coefficient (Wildman–Crippen LogP) is 4.57. The monoisotopic (exact) mass is 342 g/mol. The smallest absolute Gasteiger partial charge is 0.255 e. The summed E-state index contributed by atoms with van der Waals surface area (Å²) in [6.45, 7) is 2.63. The third kappa shape index (κ3) is 3.00. The highest BCUT2D eigenvalue weighted by Crippen LogP contribution is 2.38. The molecule has 1 heterocycles. The second-order valence-corrected chi connectivity index (χ2v) is 6.48. The Kier molecular flexibility index (Phi) is 4.55. The maximum absolute atomic E-state index is 13.6. The van der Waals surface area contributed by atoms with Crippen LogP contribution in [0.1, 0.15) is 40.9 Å². The van der Waals surface area contributed by atoms with Crippen LogP contribution in [0.15, 0.2) is 42.5 Å². The van der Waals surface area contributed by atoms with Gasteiger partial charge in [-0.15, -0.1) is 0 Å². The number of halogens is 2. The lowest BCUT2D eigenvalue weighted by Gasteiger charge is -2.28. The van der Waals surface area contributed by atoms with Crippen molar-refractivity contribution >= 4 is 17.5 Å². The number of carbonyl (C=O) groups excluding carboxylic acids is 1. The largest absolute Gasteiger partial charge is 0.331 e. The second-order valence-electron chi connectivity index (χ2n) is 6.07. The first-order valence-electron chi connectivity index (χ1n) is 7.77. The Morgan fingerprint density at radius 2 is 2.12 bits per heavy atom. The quantitative estimate of drug-likeness (QED) is 0.802. The van der Waals surface area contributed by atoms with Crippen molar-refractivity contribution in [2.24, 2.45) is 5.92 Å². The van der Waals surface area contributed by atoms with E-state index < -0.39 is 0 Å². The number of rotatable bonds is 2. The highest BCUT2D eigenvalue weighted by molar-refractivity contribution is 6.33. The molecule has 1 saturated heterocycles. The van der Waals surface area contributed by atoms with Gasteiger partial charge in [-0.3, -0.25) is 4.79 Å². The van der Waals surface area contributed by atoms with Crippen LogP contribution in [0.5, 0.6) is 0 Å². The first-order valence-corrected chi connectivity index (χ1v) is 8.15. The maximum atomic E-state index is 13.6. The lowest BCUT2D eigenvalue weighted by atomic mass is 9.95. The summed E-state index contributed by atoms with van der Waals surface area (Å²) in [7, 11) is 0. The van der Waals surface area contributed by atoms with Crippen molar-refractivity contribution in [3.8, 4) is 6.07 Å². The summed E-state index contributed by atoms with van der Waals surface area (Å²) in [6, 6.07) is 12.8. The van der Waals surface area contributed by atoms with Gasteiger partial charge in [0.15, 0.2) is 0 Å². The fourth-order valence-corrected chi connectivity index (χ4v) is 3.49. The van der Waals surface area contributed by atoms with Gasteiger partial charge in [0.2, 0.25) is 0 Å². The highest BCUT2D eigenvalue weighted by Gasteiger charge is 2.36. The fraction of sp³-hybridized carbons (Fsp3) is 0.263. The van der Waals surface area contributed by atoms with Gasteiger partial charge in [-0.2, -0.15) is 5.26 Å². The van der Waals surface area contributed by atoms with Crippen molar-refractivity contribution in [3.05, 3.63) is 70.0 Å². The van der Waals surface area contributed by atoms with Gasteiger partial charge in [0.25, 0.3) is 5.91 Å². The predicted molar refractivity (Wildman–Crippen MR) is 90.1 cm³/mol. The number of nitriles is 1. The van der Waals surface area contributed by atoms with E-state index in [1.165, 1.54) is 18.2 Å². The molecule has 2 aromatic rings. The van der Waals surface area contributed by atoms with Gasteiger partial charge >= 0.3 is 0 Å². The first kappa shape index (κ1) is 16.5. The molecule has 0 bridgehead atoms. The second kappa shape index (κ2) is 6.62. The molecular formula is C19H16ClFN2O. The van der Waals surface area contributed by atoms with Crippen LogP contribution in [0.3, 0.4) is 0 Å². The Morgan fingerprint density at radius 3 is 2.83 bits per heavy atom. The summed E-state index contributed by atoms with van der Waals surface area (Å²) in [5.74, 6) is -0.326. The molecule has 3 rings (SSSR count). The molecule has 1 aliphatic heterocycles. The number of hydrogen-bond acceptors (Lipinski definition) is 2. The minimum Gasteiger partial charge on any atom is -0.331 e. The number of benzene rings is 2. The first-order chi connectivity index (χ1) is 11.5. The molecule has 1 amide bonds. The Hall–Kier alpha value is -2.38. The summed E-state index contributed by atoms with van der Waals surface area (Å²) in [5.41, 5.74) is 1.48. The summed E-state index contributed by atoms with van der Waals surface area (Å²) in [6.07, 6.45) is 0.836. The maximum Gasteiger partial charge on any atom is 0.255 e. The SMILES string of the molecule is CC1CCN(C(=O)c2cc(C#N)ccc2Cl)C1c1cccc(F)c1. The average molecular weight is 343 g/mol. The molecule has 0 N–H and O–H groups in total. The van der Waals surface area contributed by atoms with Crippen molar-refractivity contribution in [1.82, 2.24) is 4.90 Å². The summed E-state index contributed by atoms with van der Waals surface area (Å²) in [5, 5.41) is 9.36. The van der Waals surface area contributed by atoms with Crippen molar-refractivity contribution < 1.29 is 9.18 Å². The van der Waals surface area contributed by atoms with E-state index in [2.05, 4.69) is 6.92 Å². The van der Waals surface area contributed by atoms with Gasteiger partial charge in [-0.05, 0) is 48.2 Å². The molecule has 2 aromatic carbocycles. The Bertz CT molecular complexity index is 830. The van der Waals surface area contributed by atoms with Crippen molar-refractivity contribution in [1.29, 1.82) is 5.26 Å². The molecule has 0 spiro atoms. The molecule has 24 heavy (non-hydrogen) atoms. The van der Waals surface area contributed by atoms with E-state index in [4.69, 9.17) is 16.9 Å².